The third kappa shape index (κ3) is 2.63. The van der Waals surface area contributed by atoms with Crippen LogP contribution < -0.4 is 0 Å². The third-order valence-corrected chi connectivity index (χ3v) is 1.58. The summed E-state index contributed by atoms with van der Waals surface area (Å²) in [6, 6.07) is 0. The maximum Gasteiger partial charge on any atom is 0.470 e. The van der Waals surface area contributed by atoms with Crippen molar-refractivity contribution in [2.24, 2.45) is 0 Å². The fourth-order valence-electron chi connectivity index (χ4n) is 0.369. The minimum absolute atomic E-state index is 0.598. The van der Waals surface area contributed by atoms with E-state index in [1.165, 1.54) is 0 Å². The molecule has 0 aliphatic carbocycles. The minimum Gasteiger partial charge on any atom is -0.759 e. The average Bonchev–Trinajstić information content (AvgIpc) is 1.60. The predicted molar refractivity (Wildman–Crippen MR) is 27.4 cm³/mol. The van der Waals surface area contributed by atoms with Gasteiger partial charge in [-0.25, -0.2) is 0 Å². The summed E-state index contributed by atoms with van der Waals surface area (Å²) in [7, 11) is 0. The van der Waals surface area contributed by atoms with Gasteiger partial charge in [0.2, 0.25) is 0 Å². The fourth-order valence-corrected chi connectivity index (χ4v) is 0.749. The first-order valence-electron chi connectivity index (χ1n) is 2.33. The van der Waals surface area contributed by atoms with E-state index in [0.717, 1.165) is 6.92 Å². The minimum atomic E-state index is -4.79. The largest absolute Gasteiger partial charge is 0.759 e. The summed E-state index contributed by atoms with van der Waals surface area (Å²) >= 11 is -3.21. The van der Waals surface area contributed by atoms with E-state index in [1.807, 2.05) is 0 Å². The Morgan fingerprint density at radius 2 is 2.00 bits per heavy atom. The highest BCUT2D eigenvalue weighted by atomic mass is 32.2. The predicted octanol–water partition coefficient (Wildman–Crippen LogP) is 0.622. The van der Waals surface area contributed by atoms with Gasteiger partial charge in [0.1, 0.15) is 0 Å². The summed E-state index contributed by atoms with van der Waals surface area (Å²) in [5.41, 5.74) is 0. The lowest BCUT2D eigenvalue weighted by Gasteiger charge is -2.24. The van der Waals surface area contributed by atoms with E-state index in [1.54, 1.807) is 0 Å². The Labute approximate surface area is 58.2 Å². The van der Waals surface area contributed by atoms with Crippen LogP contribution in [0, 0.1) is 0 Å². The standard InChI is InChI=1S/C3H6F3NO2S/c1-2-7(10(8)9)3(4,5)6/h2H2,1H3,(H,8,9)/p-1. The maximum absolute atomic E-state index is 11.5. The van der Waals surface area contributed by atoms with E-state index in [2.05, 4.69) is 0 Å². The van der Waals surface area contributed by atoms with Gasteiger partial charge in [0.05, 0.1) is 0 Å². The van der Waals surface area contributed by atoms with Crippen molar-refractivity contribution >= 4 is 11.3 Å². The first-order valence-corrected chi connectivity index (χ1v) is 3.36. The van der Waals surface area contributed by atoms with Crippen LogP contribution in [0.2, 0.25) is 0 Å². The van der Waals surface area contributed by atoms with Gasteiger partial charge >= 0.3 is 6.30 Å². The quantitative estimate of drug-likeness (QED) is 0.457. The summed E-state index contributed by atoms with van der Waals surface area (Å²) in [5, 5.41) is 0. The number of hydrogen-bond donors (Lipinski definition) is 0. The van der Waals surface area contributed by atoms with Crippen molar-refractivity contribution in [3.8, 4) is 0 Å². The van der Waals surface area contributed by atoms with E-state index in [-0.39, 0.29) is 0 Å². The van der Waals surface area contributed by atoms with Crippen LogP contribution >= 0.6 is 0 Å². The van der Waals surface area contributed by atoms with Gasteiger partial charge in [-0.1, -0.05) is 6.92 Å². The lowest BCUT2D eigenvalue weighted by atomic mass is 10.7. The molecule has 0 N–H and O–H groups in total. The Kier molecular flexibility index (Phi) is 3.26. The molecule has 0 aromatic heterocycles. The van der Waals surface area contributed by atoms with E-state index in [4.69, 9.17) is 0 Å². The van der Waals surface area contributed by atoms with E-state index in [0.29, 0.717) is 0 Å². The zero-order valence-electron chi connectivity index (χ0n) is 5.01. The highest BCUT2D eigenvalue weighted by Crippen LogP contribution is 2.21. The van der Waals surface area contributed by atoms with Gasteiger partial charge in [0, 0.05) is 17.8 Å². The topological polar surface area (TPSA) is 43.4 Å². The highest BCUT2D eigenvalue weighted by Gasteiger charge is 2.36. The lowest BCUT2D eigenvalue weighted by molar-refractivity contribution is -0.209. The number of hydrogen-bond acceptors (Lipinski definition) is 2. The Balaban J connectivity index is 4.22. The van der Waals surface area contributed by atoms with Gasteiger partial charge in [-0.15, -0.1) is 4.31 Å². The molecule has 62 valence electrons. The van der Waals surface area contributed by atoms with Gasteiger partial charge in [0.15, 0.2) is 0 Å². The van der Waals surface area contributed by atoms with Crippen molar-refractivity contribution < 1.29 is 21.9 Å². The summed E-state index contributed by atoms with van der Waals surface area (Å²) in [6.45, 7) is 0.503. The Morgan fingerprint density at radius 3 is 2.00 bits per heavy atom. The molecule has 0 aromatic rings. The normalized spacial score (nSPS) is 15.8. The summed E-state index contributed by atoms with van der Waals surface area (Å²) < 4.78 is 53.5. The van der Waals surface area contributed by atoms with Crippen molar-refractivity contribution in [2.45, 2.75) is 13.2 Å². The molecule has 0 bridgehead atoms. The molecule has 1 unspecified atom stereocenters. The molecule has 0 spiro atoms. The third-order valence-electron chi connectivity index (χ3n) is 0.750. The van der Waals surface area contributed by atoms with Gasteiger partial charge in [-0.05, 0) is 0 Å². The van der Waals surface area contributed by atoms with Crippen molar-refractivity contribution in [3.05, 3.63) is 0 Å². The summed E-state index contributed by atoms with van der Waals surface area (Å²) in [4.78, 5) is 0. The molecule has 0 aliphatic heterocycles. The van der Waals surface area contributed by atoms with Crippen molar-refractivity contribution in [2.75, 3.05) is 6.54 Å². The number of alkyl halides is 3. The van der Waals surface area contributed by atoms with Gasteiger partial charge < -0.3 is 4.55 Å². The SMILES string of the molecule is CCN(S(=O)[O-])C(F)(F)F. The van der Waals surface area contributed by atoms with Crippen molar-refractivity contribution in [3.63, 3.8) is 0 Å². The Hall–Kier alpha value is -0.140. The van der Waals surface area contributed by atoms with Crippen molar-refractivity contribution in [1.29, 1.82) is 0 Å². The monoisotopic (exact) mass is 176 g/mol. The summed E-state index contributed by atoms with van der Waals surface area (Å²) in [6.07, 6.45) is -4.79. The first-order chi connectivity index (χ1) is 4.39. The van der Waals surface area contributed by atoms with Crippen LogP contribution in [0.25, 0.3) is 0 Å². The molecule has 0 saturated carbocycles. The molecule has 0 fully saturated rings. The first kappa shape index (κ1) is 9.86. The number of nitrogens with zero attached hydrogens (tertiary/aromatic N) is 1. The van der Waals surface area contributed by atoms with E-state index in [9.17, 15) is 21.9 Å². The molecule has 1 atom stereocenters. The molecular weight excluding hydrogens is 171 g/mol. The summed E-state index contributed by atoms with van der Waals surface area (Å²) in [5.74, 6) is 0. The number of halogens is 3. The van der Waals surface area contributed by atoms with Gasteiger partial charge in [-0.3, -0.25) is 4.21 Å². The second-order valence-electron chi connectivity index (χ2n) is 1.38. The molecule has 3 nitrogen and oxygen atoms in total. The highest BCUT2D eigenvalue weighted by molar-refractivity contribution is 7.76. The Bertz CT molecular complexity index is 136. The van der Waals surface area contributed by atoms with Crippen LogP contribution in [0.15, 0.2) is 0 Å². The zero-order valence-corrected chi connectivity index (χ0v) is 5.83. The second kappa shape index (κ2) is 3.31. The van der Waals surface area contributed by atoms with Gasteiger partial charge in [-0.2, -0.15) is 13.2 Å². The van der Waals surface area contributed by atoms with Crippen molar-refractivity contribution in [1.82, 2.24) is 4.31 Å². The lowest BCUT2D eigenvalue weighted by Crippen LogP contribution is -2.38. The molecular formula is C3H5F3NO2S-. The Morgan fingerprint density at radius 1 is 1.60 bits per heavy atom. The van der Waals surface area contributed by atoms with E-state index < -0.39 is 28.4 Å². The maximum atomic E-state index is 11.5. The van der Waals surface area contributed by atoms with Crippen LogP contribution in [0.5, 0.6) is 0 Å². The molecule has 0 amide bonds. The molecule has 10 heavy (non-hydrogen) atoms. The molecule has 0 radical (unpaired) electrons. The fraction of sp³-hybridized carbons (Fsp3) is 1.00. The molecule has 0 aliphatic rings. The van der Waals surface area contributed by atoms with Gasteiger partial charge in [0.25, 0.3) is 0 Å². The second-order valence-corrected chi connectivity index (χ2v) is 2.25. The van der Waals surface area contributed by atoms with E-state index >= 15 is 0 Å². The molecule has 0 heterocycles. The smallest absolute Gasteiger partial charge is 0.470 e. The van der Waals surface area contributed by atoms with Crippen LogP contribution in [0.1, 0.15) is 6.92 Å². The molecule has 0 aromatic carbocycles. The van der Waals surface area contributed by atoms with Crippen LogP contribution in [0.3, 0.4) is 0 Å². The van der Waals surface area contributed by atoms with Crippen LogP contribution in [-0.2, 0) is 11.3 Å². The average molecular weight is 176 g/mol. The van der Waals surface area contributed by atoms with Crippen LogP contribution in [-0.4, -0.2) is 25.9 Å². The molecule has 7 heteroatoms. The van der Waals surface area contributed by atoms with Crippen LogP contribution in [0.4, 0.5) is 13.2 Å². The zero-order chi connectivity index (χ0) is 8.36. The molecule has 0 rings (SSSR count). The molecule has 0 saturated heterocycles. The number of rotatable bonds is 2.